The Hall–Kier alpha value is -1.28. The molecule has 0 atom stereocenters. The summed E-state index contributed by atoms with van der Waals surface area (Å²) in [6, 6.07) is 0. The SMILES string of the molecule is CC(C)(CCN(CCCCCCN)CCC(C)(C)[N+](=O)[O-])[N+](=O)[O-]. The van der Waals surface area contributed by atoms with Gasteiger partial charge < -0.3 is 10.6 Å². The molecule has 0 fully saturated rings. The van der Waals surface area contributed by atoms with E-state index in [0.717, 1.165) is 32.2 Å². The lowest BCUT2D eigenvalue weighted by Crippen LogP contribution is -2.40. The van der Waals surface area contributed by atoms with Gasteiger partial charge in [-0.3, -0.25) is 20.2 Å². The highest BCUT2D eigenvalue weighted by atomic mass is 16.6. The molecular formula is C16H34N4O4. The lowest BCUT2D eigenvalue weighted by molar-refractivity contribution is -0.562. The molecule has 0 aromatic heterocycles. The van der Waals surface area contributed by atoms with Gasteiger partial charge in [0.2, 0.25) is 11.1 Å². The molecule has 142 valence electrons. The molecule has 0 aliphatic carbocycles. The van der Waals surface area contributed by atoms with Gasteiger partial charge in [-0.2, -0.15) is 0 Å². The van der Waals surface area contributed by atoms with Crippen LogP contribution in [-0.4, -0.2) is 52.0 Å². The number of hydrogen-bond donors (Lipinski definition) is 1. The Balaban J connectivity index is 4.53. The fraction of sp³-hybridized carbons (Fsp3) is 1.00. The minimum absolute atomic E-state index is 0.257. The molecule has 0 rings (SSSR count). The van der Waals surface area contributed by atoms with Gasteiger partial charge in [0, 0.05) is 63.5 Å². The van der Waals surface area contributed by atoms with Crippen molar-refractivity contribution < 1.29 is 9.85 Å². The molecule has 0 saturated carbocycles. The van der Waals surface area contributed by atoms with Crippen molar-refractivity contribution >= 4 is 0 Å². The molecule has 0 aliphatic heterocycles. The second kappa shape index (κ2) is 10.6. The predicted molar refractivity (Wildman–Crippen MR) is 95.3 cm³/mol. The van der Waals surface area contributed by atoms with Crippen LogP contribution >= 0.6 is 0 Å². The second-order valence-electron chi connectivity index (χ2n) is 7.68. The summed E-state index contributed by atoms with van der Waals surface area (Å²) in [5, 5.41) is 22.1. The summed E-state index contributed by atoms with van der Waals surface area (Å²) in [5.74, 6) is 0. The molecule has 0 radical (unpaired) electrons. The van der Waals surface area contributed by atoms with Crippen molar-refractivity contribution in [1.29, 1.82) is 0 Å². The molecule has 0 amide bonds. The molecule has 0 spiro atoms. The van der Waals surface area contributed by atoms with Gasteiger partial charge in [0.15, 0.2) is 0 Å². The molecule has 0 aromatic rings. The van der Waals surface area contributed by atoms with Crippen molar-refractivity contribution in [3.63, 3.8) is 0 Å². The molecule has 0 aromatic carbocycles. The monoisotopic (exact) mass is 346 g/mol. The highest BCUT2D eigenvalue weighted by Gasteiger charge is 2.33. The largest absolute Gasteiger partial charge is 0.330 e. The molecule has 2 N–H and O–H groups in total. The van der Waals surface area contributed by atoms with Gasteiger partial charge in [-0.25, -0.2) is 0 Å². The van der Waals surface area contributed by atoms with Gasteiger partial charge in [0.1, 0.15) is 0 Å². The van der Waals surface area contributed by atoms with E-state index >= 15 is 0 Å². The van der Waals surface area contributed by atoms with Gasteiger partial charge in [0.05, 0.1) is 0 Å². The Labute approximate surface area is 145 Å². The molecule has 24 heavy (non-hydrogen) atoms. The van der Waals surface area contributed by atoms with Crippen LogP contribution in [0.15, 0.2) is 0 Å². The van der Waals surface area contributed by atoms with E-state index in [2.05, 4.69) is 4.90 Å². The van der Waals surface area contributed by atoms with Crippen LogP contribution in [-0.2, 0) is 0 Å². The van der Waals surface area contributed by atoms with Crippen molar-refractivity contribution in [2.75, 3.05) is 26.2 Å². The molecule has 8 heteroatoms. The van der Waals surface area contributed by atoms with Crippen molar-refractivity contribution in [2.24, 2.45) is 5.73 Å². The molecule has 0 aliphatic rings. The summed E-state index contributed by atoms with van der Waals surface area (Å²) in [5.41, 5.74) is 3.53. The quantitative estimate of drug-likeness (QED) is 0.294. The third kappa shape index (κ3) is 9.12. The minimum Gasteiger partial charge on any atom is -0.330 e. The van der Waals surface area contributed by atoms with E-state index in [1.807, 2.05) is 0 Å². The first-order valence-corrected chi connectivity index (χ1v) is 8.74. The Morgan fingerprint density at radius 3 is 1.58 bits per heavy atom. The highest BCUT2D eigenvalue weighted by Crippen LogP contribution is 2.17. The van der Waals surface area contributed by atoms with Gasteiger partial charge in [-0.1, -0.05) is 12.8 Å². The van der Waals surface area contributed by atoms with Crippen LogP contribution in [0.3, 0.4) is 0 Å². The van der Waals surface area contributed by atoms with Crippen LogP contribution in [0.1, 0.15) is 66.2 Å². The standard InChI is InChI=1S/C16H34N4O4/c1-15(2,19(21)22)9-13-18(12-8-6-5-7-11-17)14-10-16(3,4)20(23)24/h5-14,17H2,1-4H3. The van der Waals surface area contributed by atoms with E-state index in [0.29, 0.717) is 32.5 Å². The fourth-order valence-electron chi connectivity index (χ4n) is 2.21. The van der Waals surface area contributed by atoms with Crippen LogP contribution < -0.4 is 5.73 Å². The normalized spacial score (nSPS) is 12.6. The summed E-state index contributed by atoms with van der Waals surface area (Å²) < 4.78 is 0. The zero-order valence-corrected chi connectivity index (χ0v) is 15.6. The first-order valence-electron chi connectivity index (χ1n) is 8.74. The van der Waals surface area contributed by atoms with Crippen LogP contribution in [0, 0.1) is 20.2 Å². The average molecular weight is 346 g/mol. The van der Waals surface area contributed by atoms with E-state index < -0.39 is 11.1 Å². The Kier molecular flexibility index (Phi) is 9.99. The van der Waals surface area contributed by atoms with E-state index in [1.54, 1.807) is 27.7 Å². The maximum absolute atomic E-state index is 11.1. The lowest BCUT2D eigenvalue weighted by atomic mass is 9.99. The Bertz CT molecular complexity index is 370. The topological polar surface area (TPSA) is 116 Å². The number of nitrogens with zero attached hydrogens (tertiary/aromatic N) is 3. The lowest BCUT2D eigenvalue weighted by Gasteiger charge is -2.27. The van der Waals surface area contributed by atoms with Crippen LogP contribution in [0.2, 0.25) is 0 Å². The first kappa shape index (κ1) is 22.7. The molecular weight excluding hydrogens is 312 g/mol. The van der Waals surface area contributed by atoms with Crippen molar-refractivity contribution in [1.82, 2.24) is 4.90 Å². The van der Waals surface area contributed by atoms with Crippen LogP contribution in [0.4, 0.5) is 0 Å². The molecule has 0 saturated heterocycles. The number of rotatable bonds is 14. The maximum atomic E-state index is 11.1. The summed E-state index contributed by atoms with van der Waals surface area (Å²) in [7, 11) is 0. The minimum atomic E-state index is -0.976. The predicted octanol–water partition coefficient (Wildman–Crippen LogP) is 2.70. The number of hydrogen-bond acceptors (Lipinski definition) is 6. The van der Waals surface area contributed by atoms with Gasteiger partial charge >= 0.3 is 0 Å². The van der Waals surface area contributed by atoms with E-state index in [4.69, 9.17) is 5.73 Å². The van der Waals surface area contributed by atoms with Crippen LogP contribution in [0.5, 0.6) is 0 Å². The summed E-state index contributed by atoms with van der Waals surface area (Å²) in [4.78, 5) is 23.7. The number of nitrogens with two attached hydrogens (primary N) is 1. The van der Waals surface area contributed by atoms with E-state index in [9.17, 15) is 20.2 Å². The zero-order chi connectivity index (χ0) is 18.8. The van der Waals surface area contributed by atoms with E-state index in [-0.39, 0.29) is 9.85 Å². The van der Waals surface area contributed by atoms with Crippen LogP contribution in [0.25, 0.3) is 0 Å². The number of nitro groups is 2. The van der Waals surface area contributed by atoms with Gasteiger partial charge in [0.25, 0.3) is 0 Å². The Morgan fingerprint density at radius 1 is 0.792 bits per heavy atom. The smallest absolute Gasteiger partial charge is 0.218 e. The Morgan fingerprint density at radius 2 is 1.21 bits per heavy atom. The van der Waals surface area contributed by atoms with E-state index in [1.165, 1.54) is 0 Å². The number of unbranched alkanes of at least 4 members (excludes halogenated alkanes) is 3. The highest BCUT2D eigenvalue weighted by molar-refractivity contribution is 4.74. The van der Waals surface area contributed by atoms with Crippen molar-refractivity contribution in [3.8, 4) is 0 Å². The van der Waals surface area contributed by atoms with Gasteiger partial charge in [-0.15, -0.1) is 0 Å². The maximum Gasteiger partial charge on any atom is 0.218 e. The fourth-order valence-corrected chi connectivity index (χ4v) is 2.21. The summed E-state index contributed by atoms with van der Waals surface area (Å²) in [6.07, 6.45) is 4.99. The third-order valence-corrected chi connectivity index (χ3v) is 4.50. The molecule has 0 bridgehead atoms. The molecule has 0 heterocycles. The average Bonchev–Trinajstić information content (AvgIpc) is 2.48. The van der Waals surface area contributed by atoms with Gasteiger partial charge in [-0.05, 0) is 25.9 Å². The molecule has 8 nitrogen and oxygen atoms in total. The first-order chi connectivity index (χ1) is 11.0. The molecule has 0 unspecified atom stereocenters. The third-order valence-electron chi connectivity index (χ3n) is 4.50. The second-order valence-corrected chi connectivity index (χ2v) is 7.68. The zero-order valence-electron chi connectivity index (χ0n) is 15.6. The van der Waals surface area contributed by atoms with Crippen molar-refractivity contribution in [3.05, 3.63) is 20.2 Å². The summed E-state index contributed by atoms with van der Waals surface area (Å²) >= 11 is 0. The van der Waals surface area contributed by atoms with Crippen molar-refractivity contribution in [2.45, 2.75) is 77.3 Å². The summed E-state index contributed by atoms with van der Waals surface area (Å²) in [6.45, 7) is 9.14.